The molecule has 1 amide bonds. The molecule has 2 rings (SSSR count). The first-order valence-electron chi connectivity index (χ1n) is 5.71. The van der Waals surface area contributed by atoms with E-state index in [1.54, 1.807) is 22.7 Å². The van der Waals surface area contributed by atoms with E-state index in [-0.39, 0.29) is 23.7 Å². The van der Waals surface area contributed by atoms with Crippen molar-refractivity contribution < 1.29 is 9.90 Å². The molecule has 0 aromatic carbocycles. The first-order chi connectivity index (χ1) is 8.67. The number of amides is 1. The van der Waals surface area contributed by atoms with Crippen LogP contribution in [0.3, 0.4) is 0 Å². The number of halogens is 1. The number of carbonyl (C=O) groups is 1. The van der Waals surface area contributed by atoms with Gasteiger partial charge in [0, 0.05) is 6.20 Å². The fourth-order valence-corrected chi connectivity index (χ4v) is 1.96. The number of nitrogens with one attached hydrogen (secondary N) is 1. The Bertz CT molecular complexity index is 563. The zero-order valence-electron chi connectivity index (χ0n) is 9.93. The van der Waals surface area contributed by atoms with Gasteiger partial charge < -0.3 is 10.4 Å². The van der Waals surface area contributed by atoms with Crippen LogP contribution in [0.25, 0.3) is 5.65 Å². The Morgan fingerprint density at radius 2 is 2.39 bits per heavy atom. The lowest BCUT2D eigenvalue weighted by molar-refractivity contribution is 0.0909. The third kappa shape index (κ3) is 2.32. The van der Waals surface area contributed by atoms with Gasteiger partial charge in [0.1, 0.15) is 5.65 Å². The van der Waals surface area contributed by atoms with Gasteiger partial charge in [0.15, 0.2) is 10.8 Å². The van der Waals surface area contributed by atoms with E-state index in [9.17, 15) is 4.79 Å². The minimum atomic E-state index is -0.334. The van der Waals surface area contributed by atoms with Gasteiger partial charge in [-0.3, -0.25) is 9.20 Å². The molecule has 6 heteroatoms. The third-order valence-electron chi connectivity index (χ3n) is 2.75. The molecule has 2 aromatic heterocycles. The van der Waals surface area contributed by atoms with E-state index in [0.29, 0.717) is 17.8 Å². The largest absolute Gasteiger partial charge is 0.394 e. The Morgan fingerprint density at radius 1 is 1.61 bits per heavy atom. The SMILES string of the molecule is CCC(CO)NC(=O)c1c(Cl)nc2ccccn12. The van der Waals surface area contributed by atoms with Crippen molar-refractivity contribution in [2.24, 2.45) is 0 Å². The monoisotopic (exact) mass is 267 g/mol. The van der Waals surface area contributed by atoms with Crippen LogP contribution >= 0.6 is 11.6 Å². The summed E-state index contributed by atoms with van der Waals surface area (Å²) in [6.45, 7) is 1.79. The molecule has 0 aliphatic heterocycles. The van der Waals surface area contributed by atoms with Crippen LogP contribution in [0.5, 0.6) is 0 Å². The van der Waals surface area contributed by atoms with Crippen molar-refractivity contribution in [2.75, 3.05) is 6.61 Å². The Balaban J connectivity index is 2.35. The summed E-state index contributed by atoms with van der Waals surface area (Å²) < 4.78 is 1.63. The lowest BCUT2D eigenvalue weighted by Crippen LogP contribution is -2.37. The van der Waals surface area contributed by atoms with Crippen molar-refractivity contribution >= 4 is 23.2 Å². The van der Waals surface area contributed by atoms with Gasteiger partial charge in [0.05, 0.1) is 12.6 Å². The molecule has 18 heavy (non-hydrogen) atoms. The topological polar surface area (TPSA) is 66.6 Å². The fraction of sp³-hybridized carbons (Fsp3) is 0.333. The molecule has 0 bridgehead atoms. The highest BCUT2D eigenvalue weighted by atomic mass is 35.5. The Hall–Kier alpha value is -1.59. The first-order valence-corrected chi connectivity index (χ1v) is 6.09. The molecular formula is C12H14ClN3O2. The zero-order chi connectivity index (χ0) is 13.1. The molecule has 1 atom stereocenters. The van der Waals surface area contributed by atoms with Crippen LogP contribution in [0.4, 0.5) is 0 Å². The van der Waals surface area contributed by atoms with Gasteiger partial charge in [-0.05, 0) is 18.6 Å². The van der Waals surface area contributed by atoms with E-state index in [4.69, 9.17) is 16.7 Å². The number of aliphatic hydroxyl groups is 1. The maximum Gasteiger partial charge on any atom is 0.271 e. The molecule has 2 N–H and O–H groups in total. The number of imidazole rings is 1. The molecule has 96 valence electrons. The van der Waals surface area contributed by atoms with Crippen LogP contribution < -0.4 is 5.32 Å². The Kier molecular flexibility index (Phi) is 3.84. The van der Waals surface area contributed by atoms with Gasteiger partial charge in [0.25, 0.3) is 5.91 Å². The summed E-state index contributed by atoms with van der Waals surface area (Å²) >= 11 is 5.98. The second kappa shape index (κ2) is 5.37. The summed E-state index contributed by atoms with van der Waals surface area (Å²) in [6.07, 6.45) is 2.37. The summed E-state index contributed by atoms with van der Waals surface area (Å²) in [4.78, 5) is 16.2. The first kappa shape index (κ1) is 12.9. The Morgan fingerprint density at radius 3 is 3.06 bits per heavy atom. The van der Waals surface area contributed by atoms with Crippen molar-refractivity contribution in [1.29, 1.82) is 0 Å². The van der Waals surface area contributed by atoms with Crippen LogP contribution in [-0.2, 0) is 0 Å². The molecule has 0 aliphatic carbocycles. The molecule has 0 aliphatic rings. The van der Waals surface area contributed by atoms with Gasteiger partial charge in [0.2, 0.25) is 0 Å². The van der Waals surface area contributed by atoms with E-state index in [0.717, 1.165) is 0 Å². The Labute approximate surface area is 109 Å². The van der Waals surface area contributed by atoms with Crippen molar-refractivity contribution in [2.45, 2.75) is 19.4 Å². The minimum Gasteiger partial charge on any atom is -0.394 e. The number of rotatable bonds is 4. The average molecular weight is 268 g/mol. The molecule has 2 aromatic rings. The number of pyridine rings is 1. The van der Waals surface area contributed by atoms with Crippen LogP contribution in [0, 0.1) is 0 Å². The van der Waals surface area contributed by atoms with Gasteiger partial charge >= 0.3 is 0 Å². The summed E-state index contributed by atoms with van der Waals surface area (Å²) in [7, 11) is 0. The highest BCUT2D eigenvalue weighted by molar-refractivity contribution is 6.32. The van der Waals surface area contributed by atoms with Gasteiger partial charge in [-0.2, -0.15) is 0 Å². The maximum absolute atomic E-state index is 12.1. The number of aliphatic hydroxyl groups excluding tert-OH is 1. The highest BCUT2D eigenvalue weighted by Crippen LogP contribution is 2.17. The molecule has 0 saturated heterocycles. The molecule has 5 nitrogen and oxygen atoms in total. The number of carbonyl (C=O) groups excluding carboxylic acids is 1. The van der Waals surface area contributed by atoms with Gasteiger partial charge in [-0.15, -0.1) is 0 Å². The molecule has 0 radical (unpaired) electrons. The van der Waals surface area contributed by atoms with E-state index in [2.05, 4.69) is 10.3 Å². The molecular weight excluding hydrogens is 254 g/mol. The lowest BCUT2D eigenvalue weighted by Gasteiger charge is -2.13. The number of nitrogens with zero attached hydrogens (tertiary/aromatic N) is 2. The van der Waals surface area contributed by atoms with Crippen molar-refractivity contribution in [3.63, 3.8) is 0 Å². The van der Waals surface area contributed by atoms with Crippen molar-refractivity contribution in [1.82, 2.24) is 14.7 Å². The summed E-state index contributed by atoms with van der Waals surface area (Å²) in [6, 6.07) is 5.11. The molecule has 0 fully saturated rings. The number of hydrogen-bond acceptors (Lipinski definition) is 3. The molecule has 0 saturated carbocycles. The smallest absolute Gasteiger partial charge is 0.271 e. The van der Waals surface area contributed by atoms with E-state index >= 15 is 0 Å². The van der Waals surface area contributed by atoms with Gasteiger partial charge in [-0.1, -0.05) is 24.6 Å². The molecule has 0 spiro atoms. The second-order valence-electron chi connectivity index (χ2n) is 3.94. The van der Waals surface area contributed by atoms with Crippen LogP contribution in [0.1, 0.15) is 23.8 Å². The van der Waals surface area contributed by atoms with E-state index < -0.39 is 0 Å². The predicted molar refractivity (Wildman–Crippen MR) is 68.8 cm³/mol. The fourth-order valence-electron chi connectivity index (χ4n) is 1.70. The van der Waals surface area contributed by atoms with Crippen LogP contribution in [0.15, 0.2) is 24.4 Å². The molecule has 1 unspecified atom stereocenters. The van der Waals surface area contributed by atoms with E-state index in [1.807, 2.05) is 13.0 Å². The van der Waals surface area contributed by atoms with Crippen molar-refractivity contribution in [3.8, 4) is 0 Å². The maximum atomic E-state index is 12.1. The molecule has 2 heterocycles. The summed E-state index contributed by atoms with van der Waals surface area (Å²) in [5, 5.41) is 12.0. The summed E-state index contributed by atoms with van der Waals surface area (Å²) in [5.74, 6) is -0.334. The average Bonchev–Trinajstić information content (AvgIpc) is 2.71. The van der Waals surface area contributed by atoms with Crippen molar-refractivity contribution in [3.05, 3.63) is 35.2 Å². The van der Waals surface area contributed by atoms with Gasteiger partial charge in [-0.25, -0.2) is 4.98 Å². The van der Waals surface area contributed by atoms with E-state index in [1.165, 1.54) is 0 Å². The normalized spacial score (nSPS) is 12.6. The third-order valence-corrected chi connectivity index (χ3v) is 3.01. The summed E-state index contributed by atoms with van der Waals surface area (Å²) in [5.41, 5.74) is 0.906. The van der Waals surface area contributed by atoms with Crippen LogP contribution in [0.2, 0.25) is 5.15 Å². The van der Waals surface area contributed by atoms with Crippen LogP contribution in [-0.4, -0.2) is 33.0 Å². The number of fused-ring (bicyclic) bond motifs is 1. The lowest BCUT2D eigenvalue weighted by atomic mass is 10.2. The number of hydrogen-bond donors (Lipinski definition) is 2. The number of aromatic nitrogens is 2. The standard InChI is InChI=1S/C12H14ClN3O2/c1-2-8(7-17)14-12(18)10-11(13)15-9-5-3-4-6-16(9)10/h3-6,8,17H,2,7H2,1H3,(H,14,18). The zero-order valence-corrected chi connectivity index (χ0v) is 10.7. The highest BCUT2D eigenvalue weighted by Gasteiger charge is 2.19. The predicted octanol–water partition coefficient (Wildman–Crippen LogP) is 1.49. The minimum absolute atomic E-state index is 0.101. The second-order valence-corrected chi connectivity index (χ2v) is 4.30. The quantitative estimate of drug-likeness (QED) is 0.882.